The largest absolute Gasteiger partial charge is 0.487 e. The van der Waals surface area contributed by atoms with Gasteiger partial charge in [0, 0.05) is 0 Å². The number of nitrogens with one attached hydrogen (secondary N) is 1. The number of nitrogens with zero attached hydrogens (tertiary/aromatic N) is 1. The number of carbonyl (C=O) groups excluding carboxylic acids is 1. The molecule has 0 atom stereocenters. The van der Waals surface area contributed by atoms with Crippen molar-refractivity contribution in [3.8, 4) is 5.75 Å². The number of benzene rings is 4. The summed E-state index contributed by atoms with van der Waals surface area (Å²) in [6.45, 7) is 0.496. The summed E-state index contributed by atoms with van der Waals surface area (Å²) >= 11 is 4.55. The maximum atomic E-state index is 12.1. The zero-order valence-electron chi connectivity index (χ0n) is 17.1. The van der Waals surface area contributed by atoms with E-state index in [-0.39, 0.29) is 5.91 Å². The molecule has 0 spiro atoms. The summed E-state index contributed by atoms with van der Waals surface area (Å²) in [7, 11) is 0. The molecule has 4 aromatic rings. The Morgan fingerprint density at radius 3 is 2.38 bits per heavy atom. The van der Waals surface area contributed by atoms with Crippen molar-refractivity contribution >= 4 is 68.1 Å². The van der Waals surface area contributed by atoms with Crippen molar-refractivity contribution in [3.05, 3.63) is 109 Å². The monoisotopic (exact) mass is 646 g/mol. The lowest BCUT2D eigenvalue weighted by atomic mass is 10.1. The number of halogens is 2. The maximum Gasteiger partial charge on any atom is 0.244 e. The Morgan fingerprint density at radius 2 is 1.59 bits per heavy atom. The summed E-state index contributed by atoms with van der Waals surface area (Å²) in [5.41, 5.74) is 5.60. The summed E-state index contributed by atoms with van der Waals surface area (Å²) in [5.74, 6) is 0.705. The van der Waals surface area contributed by atoms with Gasteiger partial charge in [-0.25, -0.2) is 5.43 Å². The molecule has 0 saturated carbocycles. The fraction of sp³-hybridized carbons (Fsp3) is 0.0769. The third-order valence-corrected chi connectivity index (χ3v) is 6.49. The molecule has 0 aliphatic rings. The molecule has 0 heterocycles. The number of fused-ring (bicyclic) bond motifs is 1. The minimum absolute atomic E-state index is 0.146. The third-order valence-electron chi connectivity index (χ3n) is 4.88. The molecule has 0 aromatic heterocycles. The maximum absolute atomic E-state index is 12.1. The molecule has 0 fully saturated rings. The zero-order valence-corrected chi connectivity index (χ0v) is 21.4. The quantitative estimate of drug-likeness (QED) is 0.145. The number of hydrogen-bond acceptors (Lipinski definition) is 3. The van der Waals surface area contributed by atoms with Gasteiger partial charge in [0.25, 0.3) is 0 Å². The van der Waals surface area contributed by atoms with E-state index in [2.05, 4.69) is 86.0 Å². The van der Waals surface area contributed by atoms with Crippen molar-refractivity contribution in [2.24, 2.45) is 5.10 Å². The fourth-order valence-corrected chi connectivity index (χ4v) is 5.49. The molecule has 32 heavy (non-hydrogen) atoms. The third kappa shape index (κ3) is 5.86. The average molecular weight is 646 g/mol. The van der Waals surface area contributed by atoms with Gasteiger partial charge in [0.1, 0.15) is 12.4 Å². The molecule has 0 unspecified atom stereocenters. The molecule has 0 bridgehead atoms. The van der Waals surface area contributed by atoms with Crippen molar-refractivity contribution in [3.63, 3.8) is 0 Å². The van der Waals surface area contributed by atoms with Crippen LogP contribution in [0.15, 0.2) is 90.0 Å². The van der Waals surface area contributed by atoms with Gasteiger partial charge in [-0.05, 0) is 84.8 Å². The van der Waals surface area contributed by atoms with Crippen LogP contribution in [-0.4, -0.2) is 12.1 Å². The molecule has 0 aliphatic carbocycles. The lowest BCUT2D eigenvalue weighted by molar-refractivity contribution is -0.120. The predicted octanol–water partition coefficient (Wildman–Crippen LogP) is 6.32. The first-order chi connectivity index (χ1) is 15.6. The SMILES string of the molecule is O=C(Cc1ccccc1)N/N=C/c1cc(I)c(OCc2cccc3ccccc23)c(I)c1. The van der Waals surface area contributed by atoms with Gasteiger partial charge in [-0.2, -0.15) is 5.10 Å². The van der Waals surface area contributed by atoms with E-state index >= 15 is 0 Å². The van der Waals surface area contributed by atoms with E-state index in [1.165, 1.54) is 10.8 Å². The molecule has 1 amide bonds. The van der Waals surface area contributed by atoms with E-state index in [0.29, 0.717) is 13.0 Å². The molecule has 0 aliphatic heterocycles. The smallest absolute Gasteiger partial charge is 0.244 e. The first kappa shape index (κ1) is 22.7. The number of ether oxygens (including phenoxy) is 1. The minimum Gasteiger partial charge on any atom is -0.487 e. The first-order valence-electron chi connectivity index (χ1n) is 10.0. The summed E-state index contributed by atoms with van der Waals surface area (Å²) in [5, 5.41) is 6.52. The van der Waals surface area contributed by atoms with Gasteiger partial charge in [-0.1, -0.05) is 72.8 Å². The molecular weight excluding hydrogens is 626 g/mol. The van der Waals surface area contributed by atoms with Crippen molar-refractivity contribution < 1.29 is 9.53 Å². The van der Waals surface area contributed by atoms with Gasteiger partial charge < -0.3 is 4.74 Å². The molecule has 4 rings (SSSR count). The van der Waals surface area contributed by atoms with Crippen LogP contribution in [-0.2, 0) is 17.8 Å². The van der Waals surface area contributed by atoms with Crippen LogP contribution in [0.5, 0.6) is 5.75 Å². The topological polar surface area (TPSA) is 50.7 Å². The van der Waals surface area contributed by atoms with Crippen LogP contribution in [0.4, 0.5) is 0 Å². The molecular formula is C26H20I2N2O2. The van der Waals surface area contributed by atoms with Crippen LogP contribution in [0, 0.1) is 7.14 Å². The normalized spacial score (nSPS) is 11.1. The predicted molar refractivity (Wildman–Crippen MR) is 146 cm³/mol. The lowest BCUT2D eigenvalue weighted by Gasteiger charge is -2.13. The Morgan fingerprint density at radius 1 is 0.906 bits per heavy atom. The van der Waals surface area contributed by atoms with E-state index in [4.69, 9.17) is 4.74 Å². The van der Waals surface area contributed by atoms with Crippen molar-refractivity contribution in [2.75, 3.05) is 0 Å². The molecule has 1 N–H and O–H groups in total. The molecule has 0 saturated heterocycles. The van der Waals surface area contributed by atoms with E-state index in [1.807, 2.05) is 54.6 Å². The van der Waals surface area contributed by atoms with Gasteiger partial charge in [-0.15, -0.1) is 0 Å². The Balaban J connectivity index is 1.40. The van der Waals surface area contributed by atoms with E-state index in [0.717, 1.165) is 29.6 Å². The van der Waals surface area contributed by atoms with E-state index in [9.17, 15) is 4.79 Å². The number of hydrogen-bond donors (Lipinski definition) is 1. The molecule has 160 valence electrons. The number of rotatable bonds is 7. The van der Waals surface area contributed by atoms with Crippen LogP contribution < -0.4 is 10.2 Å². The molecule has 6 heteroatoms. The van der Waals surface area contributed by atoms with Gasteiger partial charge in [0.05, 0.1) is 19.8 Å². The van der Waals surface area contributed by atoms with E-state index < -0.39 is 0 Å². The highest BCUT2D eigenvalue weighted by Gasteiger charge is 2.10. The summed E-state index contributed by atoms with van der Waals surface area (Å²) < 4.78 is 8.18. The second-order valence-electron chi connectivity index (χ2n) is 7.20. The van der Waals surface area contributed by atoms with Crippen LogP contribution in [0.1, 0.15) is 16.7 Å². The number of carbonyl (C=O) groups is 1. The van der Waals surface area contributed by atoms with Crippen molar-refractivity contribution in [1.29, 1.82) is 0 Å². The standard InChI is InChI=1S/C26H20I2N2O2/c27-23-13-19(16-29-30-25(31)15-18-7-2-1-3-8-18)14-24(28)26(23)32-17-21-11-6-10-20-9-4-5-12-22(20)21/h1-14,16H,15,17H2,(H,30,31)/b29-16+. The lowest BCUT2D eigenvalue weighted by Crippen LogP contribution is -2.19. The average Bonchev–Trinajstić information content (AvgIpc) is 2.79. The first-order valence-corrected chi connectivity index (χ1v) is 12.2. The van der Waals surface area contributed by atoms with Gasteiger partial charge in [-0.3, -0.25) is 4.79 Å². The second-order valence-corrected chi connectivity index (χ2v) is 9.52. The summed E-state index contributed by atoms with van der Waals surface area (Å²) in [4.78, 5) is 12.1. The Hall–Kier alpha value is -2.46. The minimum atomic E-state index is -0.146. The molecule has 0 radical (unpaired) electrons. The van der Waals surface area contributed by atoms with Crippen LogP contribution in [0.2, 0.25) is 0 Å². The Bertz CT molecular complexity index is 1250. The molecule has 4 nitrogen and oxygen atoms in total. The van der Waals surface area contributed by atoms with Gasteiger partial charge in [0.2, 0.25) is 5.91 Å². The van der Waals surface area contributed by atoms with Crippen LogP contribution >= 0.6 is 45.2 Å². The highest BCUT2D eigenvalue weighted by molar-refractivity contribution is 14.1. The number of amides is 1. The highest BCUT2D eigenvalue weighted by Crippen LogP contribution is 2.30. The molecule has 4 aromatic carbocycles. The summed E-state index contributed by atoms with van der Waals surface area (Å²) in [6, 6.07) is 28.2. The van der Waals surface area contributed by atoms with Crippen molar-refractivity contribution in [1.82, 2.24) is 5.43 Å². The zero-order chi connectivity index (χ0) is 22.3. The van der Waals surface area contributed by atoms with Gasteiger partial charge in [0.15, 0.2) is 0 Å². The highest BCUT2D eigenvalue weighted by atomic mass is 127. The second kappa shape index (κ2) is 10.9. The fourth-order valence-electron chi connectivity index (χ4n) is 3.36. The van der Waals surface area contributed by atoms with Gasteiger partial charge >= 0.3 is 0 Å². The van der Waals surface area contributed by atoms with E-state index in [1.54, 1.807) is 6.21 Å². The Labute approximate surface area is 214 Å². The van der Waals surface area contributed by atoms with Crippen LogP contribution in [0.3, 0.4) is 0 Å². The summed E-state index contributed by atoms with van der Waals surface area (Å²) in [6.07, 6.45) is 1.95. The van der Waals surface area contributed by atoms with Crippen molar-refractivity contribution in [2.45, 2.75) is 13.0 Å². The van der Waals surface area contributed by atoms with Crippen LogP contribution in [0.25, 0.3) is 10.8 Å². The Kier molecular flexibility index (Phi) is 7.75. The number of hydrazone groups is 1.